The molecule has 0 fully saturated rings. The molecular formula is C11H24O. The van der Waals surface area contributed by atoms with Gasteiger partial charge >= 0.3 is 0 Å². The lowest BCUT2D eigenvalue weighted by Crippen LogP contribution is -2.18. The minimum Gasteiger partial charge on any atom is -0.393 e. The van der Waals surface area contributed by atoms with Crippen molar-refractivity contribution in [1.29, 1.82) is 0 Å². The Kier molecular flexibility index (Phi) is 5.56. The van der Waals surface area contributed by atoms with Crippen molar-refractivity contribution in [2.24, 2.45) is 17.8 Å². The third-order valence-electron chi connectivity index (χ3n) is 2.29. The maximum absolute atomic E-state index is 9.61. The molecule has 0 rings (SSSR count). The molecule has 0 aromatic heterocycles. The second-order valence-electron chi connectivity index (χ2n) is 4.78. The van der Waals surface area contributed by atoms with Crippen molar-refractivity contribution in [1.82, 2.24) is 0 Å². The molecule has 0 heterocycles. The first-order valence-corrected chi connectivity index (χ1v) is 5.11. The number of aliphatic hydroxyl groups is 1. The van der Waals surface area contributed by atoms with E-state index in [2.05, 4.69) is 34.6 Å². The minimum atomic E-state index is -0.112. The van der Waals surface area contributed by atoms with Crippen molar-refractivity contribution < 1.29 is 5.11 Å². The van der Waals surface area contributed by atoms with E-state index in [1.54, 1.807) is 0 Å². The fourth-order valence-corrected chi connectivity index (χ4v) is 1.59. The monoisotopic (exact) mass is 172 g/mol. The lowest BCUT2D eigenvalue weighted by atomic mass is 9.90. The Morgan fingerprint density at radius 1 is 0.917 bits per heavy atom. The van der Waals surface area contributed by atoms with Crippen molar-refractivity contribution in [2.45, 2.75) is 53.6 Å². The zero-order valence-electron chi connectivity index (χ0n) is 9.17. The predicted molar refractivity (Wildman–Crippen MR) is 54.1 cm³/mol. The summed E-state index contributed by atoms with van der Waals surface area (Å²) < 4.78 is 0. The maximum atomic E-state index is 9.61. The molecule has 0 aromatic carbocycles. The van der Waals surface area contributed by atoms with Gasteiger partial charge in [-0.3, -0.25) is 0 Å². The van der Waals surface area contributed by atoms with Crippen LogP contribution in [0.5, 0.6) is 0 Å². The van der Waals surface area contributed by atoms with Crippen LogP contribution in [0.3, 0.4) is 0 Å². The molecule has 0 radical (unpaired) electrons. The summed E-state index contributed by atoms with van der Waals surface area (Å²) in [5.41, 5.74) is 0. The molecule has 0 saturated heterocycles. The second-order valence-corrected chi connectivity index (χ2v) is 4.78. The smallest absolute Gasteiger partial charge is 0.0565 e. The lowest BCUT2D eigenvalue weighted by molar-refractivity contribution is 0.0961. The fraction of sp³-hybridized carbons (Fsp3) is 1.00. The van der Waals surface area contributed by atoms with Gasteiger partial charge in [0.05, 0.1) is 6.10 Å². The number of hydrogen-bond acceptors (Lipinski definition) is 1. The van der Waals surface area contributed by atoms with Gasteiger partial charge < -0.3 is 5.11 Å². The van der Waals surface area contributed by atoms with Crippen LogP contribution in [0.4, 0.5) is 0 Å². The molecule has 74 valence electrons. The van der Waals surface area contributed by atoms with Gasteiger partial charge in [-0.25, -0.2) is 0 Å². The van der Waals surface area contributed by atoms with E-state index in [-0.39, 0.29) is 6.10 Å². The van der Waals surface area contributed by atoms with Gasteiger partial charge in [0.25, 0.3) is 0 Å². The molecule has 2 atom stereocenters. The van der Waals surface area contributed by atoms with Gasteiger partial charge in [-0.2, -0.15) is 0 Å². The number of rotatable bonds is 5. The highest BCUT2D eigenvalue weighted by atomic mass is 16.3. The summed E-state index contributed by atoms with van der Waals surface area (Å²) in [5.74, 6) is 1.81. The second kappa shape index (κ2) is 5.58. The van der Waals surface area contributed by atoms with E-state index in [0.29, 0.717) is 11.8 Å². The standard InChI is InChI=1S/C11H24O/c1-8(2)6-10(5)7-11(12)9(3)4/h8-12H,6-7H2,1-5H3. The molecule has 0 aliphatic heterocycles. The van der Waals surface area contributed by atoms with E-state index in [0.717, 1.165) is 12.3 Å². The summed E-state index contributed by atoms with van der Waals surface area (Å²) in [6, 6.07) is 0. The largest absolute Gasteiger partial charge is 0.393 e. The Morgan fingerprint density at radius 2 is 1.42 bits per heavy atom. The van der Waals surface area contributed by atoms with Gasteiger partial charge in [0.2, 0.25) is 0 Å². The zero-order chi connectivity index (χ0) is 9.72. The van der Waals surface area contributed by atoms with Crippen molar-refractivity contribution in [2.75, 3.05) is 0 Å². The molecule has 0 spiro atoms. The van der Waals surface area contributed by atoms with Crippen LogP contribution in [-0.2, 0) is 0 Å². The third-order valence-corrected chi connectivity index (χ3v) is 2.29. The summed E-state index contributed by atoms with van der Waals surface area (Å²) in [6.45, 7) is 10.8. The lowest BCUT2D eigenvalue weighted by Gasteiger charge is -2.20. The van der Waals surface area contributed by atoms with Gasteiger partial charge in [-0.15, -0.1) is 0 Å². The molecule has 2 unspecified atom stereocenters. The molecule has 1 heteroatoms. The highest BCUT2D eigenvalue weighted by Crippen LogP contribution is 2.19. The van der Waals surface area contributed by atoms with Crippen molar-refractivity contribution in [3.63, 3.8) is 0 Å². The summed E-state index contributed by atoms with van der Waals surface area (Å²) in [5, 5.41) is 9.61. The van der Waals surface area contributed by atoms with Crippen LogP contribution in [-0.4, -0.2) is 11.2 Å². The van der Waals surface area contributed by atoms with Crippen LogP contribution in [0, 0.1) is 17.8 Å². The van der Waals surface area contributed by atoms with Crippen molar-refractivity contribution in [3.05, 3.63) is 0 Å². The first-order chi connectivity index (χ1) is 5.43. The van der Waals surface area contributed by atoms with Crippen molar-refractivity contribution in [3.8, 4) is 0 Å². The van der Waals surface area contributed by atoms with Crippen LogP contribution in [0.1, 0.15) is 47.5 Å². The topological polar surface area (TPSA) is 20.2 Å². The third kappa shape index (κ3) is 5.59. The quantitative estimate of drug-likeness (QED) is 0.675. The highest BCUT2D eigenvalue weighted by Gasteiger charge is 2.14. The fourth-order valence-electron chi connectivity index (χ4n) is 1.59. The van der Waals surface area contributed by atoms with E-state index >= 15 is 0 Å². The van der Waals surface area contributed by atoms with Crippen LogP contribution >= 0.6 is 0 Å². The van der Waals surface area contributed by atoms with E-state index in [1.807, 2.05) is 0 Å². The normalized spacial score (nSPS) is 17.0. The Hall–Kier alpha value is -0.0400. The van der Waals surface area contributed by atoms with Gasteiger partial charge in [-0.1, -0.05) is 34.6 Å². The molecule has 0 aromatic rings. The molecule has 0 amide bonds. The average Bonchev–Trinajstić information content (AvgIpc) is 1.84. The van der Waals surface area contributed by atoms with Crippen LogP contribution in [0.2, 0.25) is 0 Å². The molecule has 1 nitrogen and oxygen atoms in total. The highest BCUT2D eigenvalue weighted by molar-refractivity contribution is 4.65. The first-order valence-electron chi connectivity index (χ1n) is 5.11. The van der Waals surface area contributed by atoms with E-state index < -0.39 is 0 Å². The number of hydrogen-bond donors (Lipinski definition) is 1. The van der Waals surface area contributed by atoms with E-state index in [9.17, 15) is 5.11 Å². The van der Waals surface area contributed by atoms with Gasteiger partial charge in [0.1, 0.15) is 0 Å². The Bertz CT molecular complexity index is 108. The van der Waals surface area contributed by atoms with Crippen molar-refractivity contribution >= 4 is 0 Å². The zero-order valence-corrected chi connectivity index (χ0v) is 9.17. The first kappa shape index (κ1) is 12.0. The SMILES string of the molecule is CC(C)CC(C)CC(O)C(C)C. The van der Waals surface area contributed by atoms with Crippen LogP contribution < -0.4 is 0 Å². The predicted octanol–water partition coefficient (Wildman–Crippen LogP) is 3.08. The van der Waals surface area contributed by atoms with E-state index in [1.165, 1.54) is 6.42 Å². The van der Waals surface area contributed by atoms with E-state index in [4.69, 9.17) is 0 Å². The molecule has 0 aliphatic rings. The molecule has 0 bridgehead atoms. The average molecular weight is 172 g/mol. The van der Waals surface area contributed by atoms with Gasteiger partial charge in [-0.05, 0) is 30.6 Å². The summed E-state index contributed by atoms with van der Waals surface area (Å²) in [4.78, 5) is 0. The van der Waals surface area contributed by atoms with Crippen LogP contribution in [0.15, 0.2) is 0 Å². The molecular weight excluding hydrogens is 148 g/mol. The molecule has 0 aliphatic carbocycles. The minimum absolute atomic E-state index is 0.112. The van der Waals surface area contributed by atoms with Gasteiger partial charge in [0, 0.05) is 0 Å². The molecule has 0 saturated carbocycles. The Labute approximate surface area is 77.2 Å². The maximum Gasteiger partial charge on any atom is 0.0565 e. The molecule has 12 heavy (non-hydrogen) atoms. The summed E-state index contributed by atoms with van der Waals surface area (Å²) in [6.07, 6.45) is 2.07. The molecule has 1 N–H and O–H groups in total. The van der Waals surface area contributed by atoms with Gasteiger partial charge in [0.15, 0.2) is 0 Å². The Morgan fingerprint density at radius 3 is 1.75 bits per heavy atom. The summed E-state index contributed by atoms with van der Waals surface area (Å²) >= 11 is 0. The number of aliphatic hydroxyl groups excluding tert-OH is 1. The Balaban J connectivity index is 3.61. The van der Waals surface area contributed by atoms with Crippen LogP contribution in [0.25, 0.3) is 0 Å². The summed E-state index contributed by atoms with van der Waals surface area (Å²) in [7, 11) is 0.